The number of hydrogen-bond donors (Lipinski definition) is 0. The van der Waals surface area contributed by atoms with Gasteiger partial charge in [-0.1, -0.05) is 6.08 Å². The molecule has 8 heteroatoms. The molecule has 0 aromatic heterocycles. The quantitative estimate of drug-likeness (QED) is 0.694. The molecule has 0 saturated heterocycles. The molecule has 0 fully saturated rings. The Hall–Kier alpha value is -3.05. The van der Waals surface area contributed by atoms with E-state index in [1.165, 1.54) is 32.3 Å². The van der Waals surface area contributed by atoms with Crippen molar-refractivity contribution in [3.8, 4) is 11.8 Å². The zero-order valence-corrected chi connectivity index (χ0v) is 15.9. The molecule has 2 rings (SSSR count). The summed E-state index contributed by atoms with van der Waals surface area (Å²) >= 11 is 3.32. The van der Waals surface area contributed by atoms with Crippen LogP contribution in [0.3, 0.4) is 0 Å². The van der Waals surface area contributed by atoms with Crippen molar-refractivity contribution in [2.24, 2.45) is 0 Å². The Morgan fingerprint density at radius 3 is 2.38 bits per heavy atom. The Bertz CT molecular complexity index is 880. The molecule has 0 unspecified atom stereocenters. The molecule has 0 radical (unpaired) electrons. The highest BCUT2D eigenvalue weighted by molar-refractivity contribution is 9.10. The van der Waals surface area contributed by atoms with Crippen LogP contribution < -0.4 is 9.64 Å². The summed E-state index contributed by atoms with van der Waals surface area (Å²) in [6.45, 7) is 0. The molecule has 134 valence electrons. The minimum Gasteiger partial charge on any atom is -0.494 e. The molecular formula is C18H15BrN2O5. The van der Waals surface area contributed by atoms with E-state index in [2.05, 4.69) is 22.0 Å². The second-order valence-electron chi connectivity index (χ2n) is 4.90. The Morgan fingerprint density at radius 1 is 1.12 bits per heavy atom. The summed E-state index contributed by atoms with van der Waals surface area (Å²) in [5, 5.41) is 9.62. The lowest BCUT2D eigenvalue weighted by molar-refractivity contribution is -0.139. The third-order valence-electron chi connectivity index (χ3n) is 3.55. The Kier molecular flexibility index (Phi) is 6.20. The average molecular weight is 419 g/mol. The molecule has 0 aliphatic carbocycles. The van der Waals surface area contributed by atoms with Crippen LogP contribution in [0.2, 0.25) is 0 Å². The molecule has 1 aliphatic heterocycles. The predicted molar refractivity (Wildman–Crippen MR) is 97.2 cm³/mol. The van der Waals surface area contributed by atoms with Crippen molar-refractivity contribution in [3.05, 3.63) is 57.9 Å². The van der Waals surface area contributed by atoms with Crippen molar-refractivity contribution >= 4 is 33.6 Å². The Morgan fingerprint density at radius 2 is 1.81 bits per heavy atom. The van der Waals surface area contributed by atoms with Crippen LogP contribution in [-0.4, -0.2) is 33.3 Å². The summed E-state index contributed by atoms with van der Waals surface area (Å²) in [5.74, 6) is -1.16. The van der Waals surface area contributed by atoms with Crippen molar-refractivity contribution in [1.82, 2.24) is 0 Å². The van der Waals surface area contributed by atoms with E-state index in [-0.39, 0.29) is 16.8 Å². The lowest BCUT2D eigenvalue weighted by atomic mass is 10.1. The van der Waals surface area contributed by atoms with Crippen molar-refractivity contribution < 1.29 is 23.8 Å². The first kappa shape index (κ1) is 19.3. The van der Waals surface area contributed by atoms with Crippen LogP contribution in [0.1, 0.15) is 5.56 Å². The van der Waals surface area contributed by atoms with Gasteiger partial charge < -0.3 is 19.1 Å². The summed E-state index contributed by atoms with van der Waals surface area (Å²) in [4.78, 5) is 26.0. The zero-order valence-electron chi connectivity index (χ0n) is 14.3. The first-order chi connectivity index (χ1) is 12.5. The molecule has 1 aliphatic rings. The number of esters is 2. The fourth-order valence-corrected chi connectivity index (χ4v) is 2.90. The summed E-state index contributed by atoms with van der Waals surface area (Å²) in [5.41, 5.74) is 0.439. The van der Waals surface area contributed by atoms with Crippen molar-refractivity contribution in [3.63, 3.8) is 0 Å². The number of benzene rings is 1. The predicted octanol–water partition coefficient (Wildman–Crippen LogP) is 2.82. The normalized spacial score (nSPS) is 13.1. The van der Waals surface area contributed by atoms with Crippen LogP contribution in [-0.2, 0) is 19.1 Å². The molecule has 0 N–H and O–H groups in total. The maximum absolute atomic E-state index is 12.4. The van der Waals surface area contributed by atoms with Gasteiger partial charge in [0.1, 0.15) is 17.3 Å². The van der Waals surface area contributed by atoms with Gasteiger partial charge in [-0.3, -0.25) is 0 Å². The van der Waals surface area contributed by atoms with Gasteiger partial charge in [-0.25, -0.2) is 9.59 Å². The average Bonchev–Trinajstić information content (AvgIpc) is 2.89. The van der Waals surface area contributed by atoms with Gasteiger partial charge in [0.15, 0.2) is 5.75 Å². The Labute approximate surface area is 158 Å². The van der Waals surface area contributed by atoms with Crippen LogP contribution in [0.5, 0.6) is 5.75 Å². The number of methoxy groups -OCH3 is 3. The fraction of sp³-hybridized carbons (Fsp3) is 0.167. The van der Waals surface area contributed by atoms with Crippen LogP contribution in [0.15, 0.2) is 52.3 Å². The minimum atomic E-state index is -0.757. The monoisotopic (exact) mass is 418 g/mol. The number of carbonyl (C=O) groups excluding carboxylic acids is 2. The summed E-state index contributed by atoms with van der Waals surface area (Å²) in [7, 11) is 3.85. The third-order valence-corrected chi connectivity index (χ3v) is 4.18. The highest BCUT2D eigenvalue weighted by atomic mass is 79.9. The molecule has 1 aromatic carbocycles. The largest absolute Gasteiger partial charge is 0.494 e. The molecule has 0 saturated carbocycles. The van der Waals surface area contributed by atoms with Crippen LogP contribution >= 0.6 is 15.9 Å². The van der Waals surface area contributed by atoms with Gasteiger partial charge in [-0.2, -0.15) is 5.26 Å². The number of carbonyl (C=O) groups is 2. The number of allylic oxidation sites excluding steroid dienone is 2. The molecule has 1 heterocycles. The highest BCUT2D eigenvalue weighted by Gasteiger charge is 2.29. The van der Waals surface area contributed by atoms with Crippen LogP contribution in [0.4, 0.5) is 5.69 Å². The van der Waals surface area contributed by atoms with E-state index in [9.17, 15) is 14.9 Å². The van der Waals surface area contributed by atoms with E-state index >= 15 is 0 Å². The van der Waals surface area contributed by atoms with E-state index in [1.807, 2.05) is 0 Å². The maximum atomic E-state index is 12.4. The molecule has 26 heavy (non-hydrogen) atoms. The van der Waals surface area contributed by atoms with Gasteiger partial charge in [0, 0.05) is 6.20 Å². The maximum Gasteiger partial charge on any atom is 0.355 e. The first-order valence-corrected chi connectivity index (χ1v) is 8.11. The highest BCUT2D eigenvalue weighted by Crippen LogP contribution is 2.38. The van der Waals surface area contributed by atoms with Gasteiger partial charge in [0.05, 0.1) is 37.1 Å². The number of ether oxygens (including phenoxy) is 3. The van der Waals surface area contributed by atoms with E-state index in [0.29, 0.717) is 15.9 Å². The number of nitriles is 1. The second kappa shape index (κ2) is 8.36. The standard InChI is InChI=1S/C18H15BrN2O5/c1-24-16-12(10-20)14(8-7-13(16)19)21-9-5-4-6-11(17(22)25-2)15(21)18(23)26-3/h4-9H,1-3H3. The first-order valence-electron chi connectivity index (χ1n) is 7.31. The van der Waals surface area contributed by atoms with E-state index < -0.39 is 11.9 Å². The van der Waals surface area contributed by atoms with E-state index in [4.69, 9.17) is 14.2 Å². The van der Waals surface area contributed by atoms with Gasteiger partial charge in [-0.05, 0) is 40.2 Å². The van der Waals surface area contributed by atoms with E-state index in [1.54, 1.807) is 30.5 Å². The number of halogens is 1. The van der Waals surface area contributed by atoms with Crippen LogP contribution in [0.25, 0.3) is 0 Å². The number of anilines is 1. The molecular weight excluding hydrogens is 404 g/mol. The topological polar surface area (TPSA) is 88.9 Å². The summed E-state index contributed by atoms with van der Waals surface area (Å²) < 4.78 is 15.5. The molecule has 7 nitrogen and oxygen atoms in total. The van der Waals surface area contributed by atoms with Crippen molar-refractivity contribution in [1.29, 1.82) is 5.26 Å². The molecule has 0 amide bonds. The van der Waals surface area contributed by atoms with Crippen molar-refractivity contribution in [2.45, 2.75) is 0 Å². The fourth-order valence-electron chi connectivity index (χ4n) is 2.41. The van der Waals surface area contributed by atoms with Gasteiger partial charge >= 0.3 is 11.9 Å². The SMILES string of the molecule is COC(=O)C1=C(C(=O)OC)N(c2ccc(Br)c(OC)c2C#N)C=CC=C1. The lowest BCUT2D eigenvalue weighted by Crippen LogP contribution is -2.27. The summed E-state index contributed by atoms with van der Waals surface area (Å²) in [6, 6.07) is 5.37. The van der Waals surface area contributed by atoms with Crippen molar-refractivity contribution in [2.75, 3.05) is 26.2 Å². The smallest absolute Gasteiger partial charge is 0.355 e. The number of hydrogen-bond acceptors (Lipinski definition) is 7. The Balaban J connectivity index is 2.80. The summed E-state index contributed by atoms with van der Waals surface area (Å²) in [6.07, 6.45) is 6.19. The molecule has 0 spiro atoms. The van der Waals surface area contributed by atoms with Gasteiger partial charge in [0.2, 0.25) is 0 Å². The molecule has 0 atom stereocenters. The zero-order chi connectivity index (χ0) is 19.3. The van der Waals surface area contributed by atoms with E-state index in [0.717, 1.165) is 0 Å². The van der Waals surface area contributed by atoms with Gasteiger partial charge in [0.25, 0.3) is 0 Å². The minimum absolute atomic E-state index is 0.00451. The second-order valence-corrected chi connectivity index (χ2v) is 5.76. The van der Waals surface area contributed by atoms with Gasteiger partial charge in [-0.15, -0.1) is 0 Å². The molecule has 0 bridgehead atoms. The number of nitrogens with zero attached hydrogens (tertiary/aromatic N) is 2. The third kappa shape index (κ3) is 3.48. The number of rotatable bonds is 4. The molecule has 1 aromatic rings. The lowest BCUT2D eigenvalue weighted by Gasteiger charge is -2.24. The van der Waals surface area contributed by atoms with Crippen LogP contribution in [0, 0.1) is 11.3 Å².